The Bertz CT molecular complexity index is 1260. The summed E-state index contributed by atoms with van der Waals surface area (Å²) in [6.45, 7) is 4.05. The third-order valence-electron chi connectivity index (χ3n) is 4.88. The summed E-state index contributed by atoms with van der Waals surface area (Å²) in [6.07, 6.45) is 1.66. The van der Waals surface area contributed by atoms with Crippen molar-refractivity contribution >= 4 is 35.2 Å². The second-order valence-corrected chi connectivity index (χ2v) is 9.15. The number of methoxy groups -OCH3 is 1. The lowest BCUT2D eigenvalue weighted by molar-refractivity contribution is -0.118. The van der Waals surface area contributed by atoms with E-state index in [1.54, 1.807) is 24.7 Å². The van der Waals surface area contributed by atoms with Gasteiger partial charge in [0.1, 0.15) is 5.75 Å². The van der Waals surface area contributed by atoms with Gasteiger partial charge >= 0.3 is 0 Å². The number of thiophene rings is 1. The first kappa shape index (κ1) is 22.8. The van der Waals surface area contributed by atoms with Crippen LogP contribution < -0.4 is 10.2 Å². The van der Waals surface area contributed by atoms with E-state index in [0.29, 0.717) is 11.0 Å². The number of hydrogen-bond donors (Lipinski definition) is 1. The molecule has 0 aliphatic heterocycles. The number of carbonyl (C=O) groups excluding carboxylic acids is 1. The number of carbonyl (C=O) groups is 1. The van der Waals surface area contributed by atoms with Gasteiger partial charge in [-0.25, -0.2) is 5.43 Å². The van der Waals surface area contributed by atoms with Crippen LogP contribution in [0.15, 0.2) is 70.2 Å². The van der Waals surface area contributed by atoms with Crippen molar-refractivity contribution in [3.8, 4) is 22.8 Å². The first-order chi connectivity index (χ1) is 16.0. The Morgan fingerprint density at radius 1 is 1.12 bits per heavy atom. The molecule has 2 heterocycles. The number of hydrazone groups is 1. The van der Waals surface area contributed by atoms with Crippen LogP contribution in [-0.4, -0.2) is 39.7 Å². The molecule has 0 saturated carbocycles. The predicted molar refractivity (Wildman–Crippen MR) is 134 cm³/mol. The number of amides is 1. The van der Waals surface area contributed by atoms with Crippen LogP contribution in [0.25, 0.3) is 17.1 Å². The highest BCUT2D eigenvalue weighted by atomic mass is 32.2. The zero-order valence-electron chi connectivity index (χ0n) is 18.5. The van der Waals surface area contributed by atoms with Gasteiger partial charge in [0.25, 0.3) is 5.91 Å². The fourth-order valence-electron chi connectivity index (χ4n) is 3.06. The molecule has 0 radical (unpaired) electrons. The Kier molecular flexibility index (Phi) is 7.21. The monoisotopic (exact) mass is 477 g/mol. The summed E-state index contributed by atoms with van der Waals surface area (Å²) in [5.41, 5.74) is 6.69. The smallest absolute Gasteiger partial charge is 0.250 e. The maximum Gasteiger partial charge on any atom is 0.250 e. The zero-order chi connectivity index (χ0) is 23.2. The standard InChI is InChI=1S/C24H23N5O2S2/c1-16-4-6-18(7-5-16)23-27-28-24(29(23)19-8-10-20(31-3)11-9-19)33-15-22(30)26-25-14-21-17(2)12-13-32-21/h4-14H,15H2,1-3H3,(H,26,30)/b25-14-. The molecule has 33 heavy (non-hydrogen) atoms. The molecule has 0 aliphatic rings. The van der Waals surface area contributed by atoms with Crippen molar-refractivity contribution < 1.29 is 9.53 Å². The summed E-state index contributed by atoms with van der Waals surface area (Å²) < 4.78 is 7.23. The molecule has 1 amide bonds. The molecule has 9 heteroatoms. The predicted octanol–water partition coefficient (Wildman–Crippen LogP) is 4.86. The fraction of sp³-hybridized carbons (Fsp3) is 0.167. The molecule has 1 N–H and O–H groups in total. The van der Waals surface area contributed by atoms with E-state index in [2.05, 4.69) is 20.7 Å². The van der Waals surface area contributed by atoms with Crippen LogP contribution in [0.5, 0.6) is 5.75 Å². The molecule has 0 spiro atoms. The molecular weight excluding hydrogens is 454 g/mol. The molecule has 4 aromatic rings. The molecular formula is C24H23N5O2S2. The lowest BCUT2D eigenvalue weighted by atomic mass is 10.1. The molecule has 0 fully saturated rings. The normalized spacial score (nSPS) is 11.1. The highest BCUT2D eigenvalue weighted by Gasteiger charge is 2.17. The average Bonchev–Trinajstić information content (AvgIpc) is 3.44. The Hall–Kier alpha value is -3.43. The maximum atomic E-state index is 12.4. The largest absolute Gasteiger partial charge is 0.497 e. The summed E-state index contributed by atoms with van der Waals surface area (Å²) in [4.78, 5) is 13.4. The van der Waals surface area contributed by atoms with E-state index in [-0.39, 0.29) is 11.7 Å². The van der Waals surface area contributed by atoms with E-state index in [1.165, 1.54) is 17.3 Å². The second kappa shape index (κ2) is 10.5. The zero-order valence-corrected chi connectivity index (χ0v) is 20.1. The van der Waals surface area contributed by atoms with Gasteiger partial charge in [0.05, 0.1) is 19.1 Å². The summed E-state index contributed by atoms with van der Waals surface area (Å²) in [5, 5.41) is 15.5. The Morgan fingerprint density at radius 3 is 2.55 bits per heavy atom. The Labute approximate surface area is 200 Å². The van der Waals surface area contributed by atoms with Gasteiger partial charge in [0.15, 0.2) is 11.0 Å². The van der Waals surface area contributed by atoms with Crippen molar-refractivity contribution in [2.45, 2.75) is 19.0 Å². The molecule has 4 rings (SSSR count). The maximum absolute atomic E-state index is 12.4. The molecule has 0 bridgehead atoms. The number of thioether (sulfide) groups is 1. The van der Waals surface area contributed by atoms with Crippen molar-refractivity contribution in [2.75, 3.05) is 12.9 Å². The summed E-state index contributed by atoms with van der Waals surface area (Å²) in [5.74, 6) is 1.40. The van der Waals surface area contributed by atoms with Crippen molar-refractivity contribution in [2.24, 2.45) is 5.10 Å². The van der Waals surface area contributed by atoms with Crippen LogP contribution in [0, 0.1) is 13.8 Å². The quantitative estimate of drug-likeness (QED) is 0.223. The fourth-order valence-corrected chi connectivity index (χ4v) is 4.59. The third kappa shape index (κ3) is 5.50. The van der Waals surface area contributed by atoms with Crippen molar-refractivity contribution in [3.05, 3.63) is 76.0 Å². The van der Waals surface area contributed by atoms with Crippen LogP contribution >= 0.6 is 23.1 Å². The van der Waals surface area contributed by atoms with Gasteiger partial charge in [0.2, 0.25) is 0 Å². The van der Waals surface area contributed by atoms with Gasteiger partial charge in [-0.2, -0.15) is 5.10 Å². The van der Waals surface area contributed by atoms with E-state index in [4.69, 9.17) is 4.74 Å². The number of aromatic nitrogens is 3. The van der Waals surface area contributed by atoms with Crippen LogP contribution in [0.1, 0.15) is 16.0 Å². The van der Waals surface area contributed by atoms with Gasteiger partial charge in [-0.1, -0.05) is 41.6 Å². The number of hydrogen-bond acceptors (Lipinski definition) is 7. The van der Waals surface area contributed by atoms with E-state index in [9.17, 15) is 4.79 Å². The molecule has 168 valence electrons. The Morgan fingerprint density at radius 2 is 1.88 bits per heavy atom. The van der Waals surface area contributed by atoms with E-state index in [1.807, 2.05) is 78.4 Å². The van der Waals surface area contributed by atoms with Crippen molar-refractivity contribution in [1.29, 1.82) is 0 Å². The minimum atomic E-state index is -0.216. The number of ether oxygens (including phenoxy) is 1. The van der Waals surface area contributed by atoms with E-state index < -0.39 is 0 Å². The molecule has 0 atom stereocenters. The topological polar surface area (TPSA) is 81.4 Å². The van der Waals surface area contributed by atoms with Crippen LogP contribution in [0.2, 0.25) is 0 Å². The summed E-state index contributed by atoms with van der Waals surface area (Å²) in [6, 6.07) is 17.8. The third-order valence-corrected chi connectivity index (χ3v) is 6.76. The second-order valence-electron chi connectivity index (χ2n) is 7.26. The van der Waals surface area contributed by atoms with Gasteiger partial charge in [-0.05, 0) is 55.1 Å². The van der Waals surface area contributed by atoms with Crippen molar-refractivity contribution in [1.82, 2.24) is 20.2 Å². The van der Waals surface area contributed by atoms with Gasteiger partial charge in [-0.3, -0.25) is 9.36 Å². The van der Waals surface area contributed by atoms with E-state index in [0.717, 1.165) is 27.4 Å². The molecule has 7 nitrogen and oxygen atoms in total. The SMILES string of the molecule is COc1ccc(-n2c(SCC(=O)N/N=C\c3sccc3C)nnc2-c2ccc(C)cc2)cc1. The summed E-state index contributed by atoms with van der Waals surface area (Å²) >= 11 is 2.88. The summed E-state index contributed by atoms with van der Waals surface area (Å²) in [7, 11) is 1.63. The number of nitrogens with one attached hydrogen (secondary N) is 1. The minimum absolute atomic E-state index is 0.156. The Balaban J connectivity index is 1.54. The van der Waals surface area contributed by atoms with Gasteiger partial charge in [0, 0.05) is 16.1 Å². The van der Waals surface area contributed by atoms with Crippen LogP contribution in [0.3, 0.4) is 0 Å². The lowest BCUT2D eigenvalue weighted by Crippen LogP contribution is -2.20. The lowest BCUT2D eigenvalue weighted by Gasteiger charge is -2.11. The molecule has 0 aliphatic carbocycles. The average molecular weight is 478 g/mol. The van der Waals surface area contributed by atoms with Crippen molar-refractivity contribution in [3.63, 3.8) is 0 Å². The number of rotatable bonds is 8. The molecule has 0 saturated heterocycles. The van der Waals surface area contributed by atoms with Gasteiger partial charge in [-0.15, -0.1) is 21.5 Å². The van der Waals surface area contributed by atoms with Gasteiger partial charge < -0.3 is 4.74 Å². The first-order valence-corrected chi connectivity index (χ1v) is 12.1. The van der Waals surface area contributed by atoms with E-state index >= 15 is 0 Å². The highest BCUT2D eigenvalue weighted by molar-refractivity contribution is 7.99. The first-order valence-electron chi connectivity index (χ1n) is 10.2. The highest BCUT2D eigenvalue weighted by Crippen LogP contribution is 2.29. The molecule has 2 aromatic carbocycles. The number of aryl methyl sites for hydroxylation is 2. The van der Waals surface area contributed by atoms with Crippen LogP contribution in [-0.2, 0) is 4.79 Å². The molecule has 0 unspecified atom stereocenters. The minimum Gasteiger partial charge on any atom is -0.497 e. The number of nitrogens with zero attached hydrogens (tertiary/aromatic N) is 4. The molecule has 2 aromatic heterocycles. The number of benzene rings is 2. The van der Waals surface area contributed by atoms with Crippen LogP contribution in [0.4, 0.5) is 0 Å².